The van der Waals surface area contributed by atoms with Crippen molar-refractivity contribution in [2.45, 2.75) is 6.92 Å². The predicted octanol–water partition coefficient (Wildman–Crippen LogP) is 5.66. The Morgan fingerprint density at radius 1 is 1.00 bits per heavy atom. The second-order valence-electron chi connectivity index (χ2n) is 6.38. The van der Waals surface area contributed by atoms with Crippen LogP contribution in [0, 0.1) is 18.6 Å². The SMILES string of the molecule is Cc1ccc(-c2ncco2)cc1-c1ccc(NC(=O)c2c(F)cncc2F)cc1.Cl. The number of hydrogen-bond donors (Lipinski definition) is 1. The molecule has 5 nitrogen and oxygen atoms in total. The molecule has 0 fully saturated rings. The van der Waals surface area contributed by atoms with Gasteiger partial charge in [-0.15, -0.1) is 12.4 Å². The average Bonchev–Trinajstić information content (AvgIpc) is 3.24. The quantitative estimate of drug-likeness (QED) is 0.456. The third-order valence-corrected chi connectivity index (χ3v) is 4.45. The lowest BCUT2D eigenvalue weighted by Gasteiger charge is -2.10. The van der Waals surface area contributed by atoms with E-state index in [1.54, 1.807) is 18.3 Å². The van der Waals surface area contributed by atoms with Gasteiger partial charge >= 0.3 is 0 Å². The van der Waals surface area contributed by atoms with E-state index in [1.807, 2.05) is 37.3 Å². The molecule has 0 radical (unpaired) electrons. The fourth-order valence-electron chi connectivity index (χ4n) is 2.99. The molecule has 0 unspecified atom stereocenters. The first-order valence-electron chi connectivity index (χ1n) is 8.74. The first-order chi connectivity index (χ1) is 14.0. The fraction of sp³-hybridized carbons (Fsp3) is 0.0455. The van der Waals surface area contributed by atoms with Gasteiger partial charge in [0.05, 0.1) is 18.6 Å². The fourth-order valence-corrected chi connectivity index (χ4v) is 2.99. The van der Waals surface area contributed by atoms with Crippen LogP contribution in [0.15, 0.2) is 71.7 Å². The van der Waals surface area contributed by atoms with E-state index in [0.717, 1.165) is 34.6 Å². The Morgan fingerprint density at radius 3 is 2.30 bits per heavy atom. The number of nitrogens with zero attached hydrogens (tertiary/aromatic N) is 2. The molecule has 4 rings (SSSR count). The Kier molecular flexibility index (Phi) is 6.23. The molecule has 0 aliphatic heterocycles. The number of aryl methyl sites for hydroxylation is 1. The van der Waals surface area contributed by atoms with Crippen molar-refractivity contribution < 1.29 is 18.0 Å². The first kappa shape index (κ1) is 21.1. The van der Waals surface area contributed by atoms with Crippen LogP contribution in [0.3, 0.4) is 0 Å². The molecule has 1 N–H and O–H groups in total. The van der Waals surface area contributed by atoms with Crippen molar-refractivity contribution in [2.24, 2.45) is 0 Å². The second kappa shape index (κ2) is 8.84. The summed E-state index contributed by atoms with van der Waals surface area (Å²) in [7, 11) is 0. The minimum absolute atomic E-state index is 0. The molecule has 0 saturated carbocycles. The summed E-state index contributed by atoms with van der Waals surface area (Å²) in [5.74, 6) is -2.38. The van der Waals surface area contributed by atoms with E-state index in [9.17, 15) is 13.6 Å². The standard InChI is InChI=1S/C22H15F2N3O2.ClH/c1-13-2-3-15(22-26-8-9-29-22)10-17(13)14-4-6-16(7-5-14)27-21(28)20-18(23)11-25-12-19(20)24;/h2-12H,1H3,(H,27,28);1H. The maximum Gasteiger partial charge on any atom is 0.261 e. The summed E-state index contributed by atoms with van der Waals surface area (Å²) in [5.41, 5.74) is 3.53. The van der Waals surface area contributed by atoms with Crippen LogP contribution in [-0.4, -0.2) is 15.9 Å². The number of rotatable bonds is 4. The van der Waals surface area contributed by atoms with Crippen molar-refractivity contribution >= 4 is 24.0 Å². The summed E-state index contributed by atoms with van der Waals surface area (Å²) >= 11 is 0. The normalized spacial score (nSPS) is 10.4. The molecule has 0 bridgehead atoms. The highest BCUT2D eigenvalue weighted by Crippen LogP contribution is 2.29. The number of pyridine rings is 1. The Balaban J connectivity index is 0.00000256. The molecule has 2 aromatic heterocycles. The van der Waals surface area contributed by atoms with Crippen LogP contribution in [0.1, 0.15) is 15.9 Å². The van der Waals surface area contributed by atoms with Crippen LogP contribution in [0.5, 0.6) is 0 Å². The van der Waals surface area contributed by atoms with Gasteiger partial charge in [0.25, 0.3) is 5.91 Å². The number of halogens is 3. The lowest BCUT2D eigenvalue weighted by molar-refractivity contribution is 0.101. The van der Waals surface area contributed by atoms with E-state index >= 15 is 0 Å². The van der Waals surface area contributed by atoms with Gasteiger partial charge in [-0.25, -0.2) is 13.8 Å². The van der Waals surface area contributed by atoms with Crippen LogP contribution in [0.25, 0.3) is 22.6 Å². The van der Waals surface area contributed by atoms with Gasteiger partial charge in [0.2, 0.25) is 5.89 Å². The number of nitrogens with one attached hydrogen (secondary N) is 1. The largest absolute Gasteiger partial charge is 0.445 e. The molecule has 0 spiro atoms. The molecule has 0 aliphatic rings. The van der Waals surface area contributed by atoms with Gasteiger partial charge < -0.3 is 9.73 Å². The van der Waals surface area contributed by atoms with Crippen LogP contribution in [-0.2, 0) is 0 Å². The minimum atomic E-state index is -1.02. The topological polar surface area (TPSA) is 68.0 Å². The van der Waals surface area contributed by atoms with Crippen molar-refractivity contribution in [3.8, 4) is 22.6 Å². The van der Waals surface area contributed by atoms with Gasteiger partial charge in [0.1, 0.15) is 11.8 Å². The zero-order valence-corrected chi connectivity index (χ0v) is 16.5. The number of amides is 1. The van der Waals surface area contributed by atoms with Crippen LogP contribution in [0.4, 0.5) is 14.5 Å². The molecule has 0 atom stereocenters. The van der Waals surface area contributed by atoms with Crippen molar-refractivity contribution in [1.82, 2.24) is 9.97 Å². The molecular formula is C22H16ClF2N3O2. The van der Waals surface area contributed by atoms with Crippen molar-refractivity contribution in [3.63, 3.8) is 0 Å². The zero-order chi connectivity index (χ0) is 20.4. The van der Waals surface area contributed by atoms with Crippen LogP contribution < -0.4 is 5.32 Å². The predicted molar refractivity (Wildman–Crippen MR) is 111 cm³/mol. The Morgan fingerprint density at radius 2 is 1.67 bits per heavy atom. The first-order valence-corrected chi connectivity index (χ1v) is 8.74. The number of hydrogen-bond acceptors (Lipinski definition) is 4. The lowest BCUT2D eigenvalue weighted by atomic mass is 9.98. The van der Waals surface area contributed by atoms with E-state index < -0.39 is 23.1 Å². The zero-order valence-electron chi connectivity index (χ0n) is 15.7. The van der Waals surface area contributed by atoms with Crippen LogP contribution >= 0.6 is 12.4 Å². The van der Waals surface area contributed by atoms with Gasteiger partial charge in [-0.2, -0.15) is 0 Å². The molecule has 0 saturated heterocycles. The lowest BCUT2D eigenvalue weighted by Crippen LogP contribution is -2.16. The summed E-state index contributed by atoms with van der Waals surface area (Å²) < 4.78 is 32.8. The van der Waals surface area contributed by atoms with Gasteiger partial charge in [0.15, 0.2) is 11.6 Å². The van der Waals surface area contributed by atoms with Gasteiger partial charge in [-0.1, -0.05) is 18.2 Å². The van der Waals surface area contributed by atoms with Crippen molar-refractivity contribution in [1.29, 1.82) is 0 Å². The highest BCUT2D eigenvalue weighted by Gasteiger charge is 2.18. The minimum Gasteiger partial charge on any atom is -0.445 e. The molecule has 8 heteroatoms. The summed E-state index contributed by atoms with van der Waals surface area (Å²) in [6.45, 7) is 1.99. The van der Waals surface area contributed by atoms with E-state index in [0.29, 0.717) is 11.6 Å². The van der Waals surface area contributed by atoms with Crippen molar-refractivity contribution in [2.75, 3.05) is 5.32 Å². The molecule has 152 valence electrons. The maximum atomic E-state index is 13.7. The molecule has 4 aromatic rings. The molecule has 2 heterocycles. The number of carbonyl (C=O) groups excluding carboxylic acids is 1. The van der Waals surface area contributed by atoms with Gasteiger partial charge in [-0.05, 0) is 47.9 Å². The molecule has 30 heavy (non-hydrogen) atoms. The highest BCUT2D eigenvalue weighted by atomic mass is 35.5. The maximum absolute atomic E-state index is 13.7. The molecule has 1 amide bonds. The van der Waals surface area contributed by atoms with E-state index in [-0.39, 0.29) is 12.4 Å². The number of anilines is 1. The molecular weight excluding hydrogens is 412 g/mol. The number of carbonyl (C=O) groups is 1. The van der Waals surface area contributed by atoms with Gasteiger partial charge in [0, 0.05) is 11.3 Å². The highest BCUT2D eigenvalue weighted by molar-refractivity contribution is 6.04. The number of aromatic nitrogens is 2. The summed E-state index contributed by atoms with van der Waals surface area (Å²) in [5, 5.41) is 2.50. The third-order valence-electron chi connectivity index (χ3n) is 4.45. The Hall–Kier alpha value is -3.58. The van der Waals surface area contributed by atoms with E-state index in [1.165, 1.54) is 6.26 Å². The van der Waals surface area contributed by atoms with E-state index in [4.69, 9.17) is 4.42 Å². The number of oxazole rings is 1. The number of benzene rings is 2. The monoisotopic (exact) mass is 427 g/mol. The van der Waals surface area contributed by atoms with Crippen molar-refractivity contribution in [3.05, 3.63) is 90.1 Å². The average molecular weight is 428 g/mol. The Bertz CT molecular complexity index is 1160. The van der Waals surface area contributed by atoms with Gasteiger partial charge in [-0.3, -0.25) is 9.78 Å². The van der Waals surface area contributed by atoms with E-state index in [2.05, 4.69) is 15.3 Å². The molecule has 2 aromatic carbocycles. The summed E-state index contributed by atoms with van der Waals surface area (Å²) in [6, 6.07) is 12.8. The summed E-state index contributed by atoms with van der Waals surface area (Å²) in [6.07, 6.45) is 4.69. The smallest absolute Gasteiger partial charge is 0.261 e. The Labute approximate surface area is 177 Å². The van der Waals surface area contributed by atoms with Crippen LogP contribution in [0.2, 0.25) is 0 Å². The third kappa shape index (κ3) is 4.21. The summed E-state index contributed by atoms with van der Waals surface area (Å²) in [4.78, 5) is 19.7. The second-order valence-corrected chi connectivity index (χ2v) is 6.38. The molecule has 0 aliphatic carbocycles.